The van der Waals surface area contributed by atoms with Gasteiger partial charge in [0.05, 0.1) is 19.5 Å². The number of nitrogens with two attached hydrogens (primary N) is 1. The molecular formula is C39H70N7O17P3S. The summed E-state index contributed by atoms with van der Waals surface area (Å²) in [6.45, 7) is 5.12. The zero-order chi connectivity index (χ0) is 49.8. The van der Waals surface area contributed by atoms with Gasteiger partial charge >= 0.3 is 23.5 Å². The Hall–Kier alpha value is -2.44. The minimum absolute atomic E-state index is 0.0337. The van der Waals surface area contributed by atoms with Gasteiger partial charge in [-0.05, 0) is 12.3 Å². The van der Waals surface area contributed by atoms with Gasteiger partial charge in [0.25, 0.3) is 0 Å². The number of amides is 2. The number of carbonyl (C=O) groups is 3. The van der Waals surface area contributed by atoms with Gasteiger partial charge in [0.2, 0.25) is 11.8 Å². The Morgan fingerprint density at radius 1 is 0.896 bits per heavy atom. The lowest BCUT2D eigenvalue weighted by Gasteiger charge is -2.30. The molecule has 67 heavy (non-hydrogen) atoms. The van der Waals surface area contributed by atoms with E-state index in [0.29, 0.717) is 18.1 Å². The van der Waals surface area contributed by atoms with E-state index in [4.69, 9.17) is 19.5 Å². The molecule has 0 aromatic carbocycles. The summed E-state index contributed by atoms with van der Waals surface area (Å²) in [7, 11) is -16.4. The third-order valence-electron chi connectivity index (χ3n) is 10.9. The highest BCUT2D eigenvalue weighted by molar-refractivity contribution is 8.13. The zero-order valence-corrected chi connectivity index (χ0v) is 42.1. The van der Waals surface area contributed by atoms with Crippen LogP contribution < -0.4 is 16.4 Å². The Balaban J connectivity index is 1.31. The Morgan fingerprint density at radius 2 is 1.52 bits per heavy atom. The van der Waals surface area contributed by atoms with Crippen LogP contribution in [0.2, 0.25) is 0 Å². The number of nitrogen functional groups attached to an aromatic ring is 1. The van der Waals surface area contributed by atoms with Crippen LogP contribution in [0.1, 0.15) is 130 Å². The van der Waals surface area contributed by atoms with Crippen molar-refractivity contribution in [2.24, 2.45) is 11.3 Å². The van der Waals surface area contributed by atoms with Crippen molar-refractivity contribution < 1.29 is 80.5 Å². The van der Waals surface area contributed by atoms with Crippen molar-refractivity contribution in [2.45, 2.75) is 155 Å². The highest BCUT2D eigenvalue weighted by atomic mass is 32.2. The maximum Gasteiger partial charge on any atom is 0.481 e. The number of anilines is 1. The van der Waals surface area contributed by atoms with E-state index < -0.39 is 84.6 Å². The number of rotatable bonds is 34. The van der Waals surface area contributed by atoms with Crippen molar-refractivity contribution in [3.8, 4) is 0 Å². The molecule has 0 saturated carbocycles. The predicted molar refractivity (Wildman–Crippen MR) is 247 cm³/mol. The van der Waals surface area contributed by atoms with Crippen LogP contribution in [0.5, 0.6) is 0 Å². The lowest BCUT2D eigenvalue weighted by molar-refractivity contribution is -0.137. The Morgan fingerprint density at radius 3 is 2.18 bits per heavy atom. The number of phosphoric ester groups is 3. The van der Waals surface area contributed by atoms with Gasteiger partial charge in [-0.1, -0.05) is 117 Å². The smallest absolute Gasteiger partial charge is 0.386 e. The van der Waals surface area contributed by atoms with E-state index in [0.717, 1.165) is 48.2 Å². The molecule has 28 heteroatoms. The monoisotopic (exact) mass is 1030 g/mol. The summed E-state index contributed by atoms with van der Waals surface area (Å²) < 4.78 is 62.4. The second kappa shape index (κ2) is 28.4. The number of phosphoric acid groups is 3. The van der Waals surface area contributed by atoms with E-state index in [-0.39, 0.29) is 41.6 Å². The normalized spacial score (nSPS) is 20.6. The largest absolute Gasteiger partial charge is 0.481 e. The standard InChI is InChI=1S/C39H70N7O17P3S/c1-5-6-7-8-9-10-11-13-16-27(2)17-14-12-15-18-30(48)67-22-21-41-29(47)19-20-42-37(51)34(50)39(3,4)24-60-66(57,58)63-65(55,56)59-23-28-33(62-64(52,53)54)32(49)38(61-28)46-26-45-31-35(40)43-25-44-36(31)46/h25-28,32-34,38,49-50H,5-24H2,1-4H3,(H,41,47)(H,42,51)(H,55,56)(H,57,58)(H2,40,43,44)(H2,52,53,54). The third-order valence-corrected chi connectivity index (χ3v) is 14.9. The minimum atomic E-state index is -5.57. The van der Waals surface area contributed by atoms with Gasteiger partial charge < -0.3 is 50.9 Å². The van der Waals surface area contributed by atoms with Crippen LogP contribution in [0.3, 0.4) is 0 Å². The van der Waals surface area contributed by atoms with Crippen molar-refractivity contribution in [1.82, 2.24) is 30.2 Å². The van der Waals surface area contributed by atoms with E-state index >= 15 is 0 Å². The molecule has 1 saturated heterocycles. The van der Waals surface area contributed by atoms with Crippen LogP contribution in [-0.2, 0) is 50.7 Å². The fraction of sp³-hybridized carbons (Fsp3) is 0.795. The van der Waals surface area contributed by atoms with Crippen LogP contribution >= 0.6 is 35.2 Å². The first kappa shape index (κ1) is 58.9. The van der Waals surface area contributed by atoms with Crippen LogP contribution in [0.25, 0.3) is 11.2 Å². The molecule has 1 aliphatic rings. The zero-order valence-electron chi connectivity index (χ0n) is 38.6. The molecule has 2 aromatic rings. The molecule has 2 amide bonds. The maximum atomic E-state index is 12.7. The quantitative estimate of drug-likeness (QED) is 0.0336. The van der Waals surface area contributed by atoms with Crippen molar-refractivity contribution >= 4 is 69.1 Å². The van der Waals surface area contributed by atoms with Gasteiger partial charge in [-0.2, -0.15) is 4.31 Å². The van der Waals surface area contributed by atoms with Crippen molar-refractivity contribution in [3.05, 3.63) is 12.7 Å². The molecule has 0 aliphatic carbocycles. The number of fused-ring (bicyclic) bond motifs is 1. The molecule has 24 nitrogen and oxygen atoms in total. The van der Waals surface area contributed by atoms with E-state index in [1.54, 1.807) is 0 Å². The summed E-state index contributed by atoms with van der Waals surface area (Å²) >= 11 is 1.16. The van der Waals surface area contributed by atoms with Crippen LogP contribution in [0.15, 0.2) is 12.7 Å². The molecule has 0 radical (unpaired) electrons. The fourth-order valence-corrected chi connectivity index (χ4v) is 10.6. The number of nitrogens with zero attached hydrogens (tertiary/aromatic N) is 4. The number of ether oxygens (including phenoxy) is 1. The summed E-state index contributed by atoms with van der Waals surface area (Å²) in [6.07, 6.45) is 9.57. The average molecular weight is 1030 g/mol. The number of imidazole rings is 1. The molecule has 8 unspecified atom stereocenters. The lowest BCUT2D eigenvalue weighted by atomic mass is 9.87. The molecule has 1 aliphatic heterocycles. The van der Waals surface area contributed by atoms with Gasteiger partial charge in [-0.25, -0.2) is 28.6 Å². The highest BCUT2D eigenvalue weighted by Gasteiger charge is 2.50. The number of thioether (sulfide) groups is 1. The summed E-state index contributed by atoms with van der Waals surface area (Å²) in [5, 5.41) is 26.7. The number of aliphatic hydroxyl groups excluding tert-OH is 2. The van der Waals surface area contributed by atoms with Gasteiger partial charge in [0.1, 0.15) is 36.3 Å². The fourth-order valence-electron chi connectivity index (χ4n) is 7.08. The topological polar surface area (TPSA) is 364 Å². The molecule has 0 bridgehead atoms. The summed E-state index contributed by atoms with van der Waals surface area (Å²) in [4.78, 5) is 88.5. The molecule has 384 valence electrons. The number of nitrogens with one attached hydrogen (secondary N) is 2. The van der Waals surface area contributed by atoms with E-state index in [1.165, 1.54) is 78.1 Å². The third kappa shape index (κ3) is 21.6. The van der Waals surface area contributed by atoms with Crippen molar-refractivity contribution in [2.75, 3.05) is 37.8 Å². The number of hydrogen-bond donors (Lipinski definition) is 9. The summed E-state index contributed by atoms with van der Waals surface area (Å²) in [6, 6.07) is 0. The molecular weight excluding hydrogens is 963 g/mol. The Kier molecular flexibility index (Phi) is 25.0. The Bertz CT molecular complexity index is 2010. The molecule has 10 N–H and O–H groups in total. The van der Waals surface area contributed by atoms with Gasteiger partial charge in [-0.3, -0.25) is 32.5 Å². The second-order valence-electron chi connectivity index (χ2n) is 17.3. The van der Waals surface area contributed by atoms with Gasteiger partial charge in [0, 0.05) is 37.1 Å². The van der Waals surface area contributed by atoms with Gasteiger partial charge in [-0.15, -0.1) is 0 Å². The summed E-state index contributed by atoms with van der Waals surface area (Å²) in [5.41, 5.74) is 4.29. The highest BCUT2D eigenvalue weighted by Crippen LogP contribution is 2.61. The van der Waals surface area contributed by atoms with E-state index in [1.807, 2.05) is 0 Å². The van der Waals surface area contributed by atoms with Crippen molar-refractivity contribution in [3.63, 3.8) is 0 Å². The first-order valence-electron chi connectivity index (χ1n) is 22.5. The Labute approximate surface area is 395 Å². The van der Waals surface area contributed by atoms with E-state index in [9.17, 15) is 57.9 Å². The molecule has 0 spiro atoms. The van der Waals surface area contributed by atoms with Crippen LogP contribution in [0, 0.1) is 11.3 Å². The molecule has 8 atom stereocenters. The summed E-state index contributed by atoms with van der Waals surface area (Å²) in [5.74, 6) is -0.321. The molecule has 1 fully saturated rings. The first-order valence-corrected chi connectivity index (χ1v) is 28.0. The SMILES string of the molecule is CCCCCCCCCCC(C)CCCCCC(=O)SCCNC(=O)CCNC(=O)C(O)C(C)(C)COP(=O)(O)OP(=O)(O)OCC1OC(n2cnc3c(N)ncnc32)C(O)C1OP(=O)(O)O. The number of carbonyl (C=O) groups excluding carboxylic acids is 3. The lowest BCUT2D eigenvalue weighted by Crippen LogP contribution is -2.46. The second-order valence-corrected chi connectivity index (χ2v) is 22.6. The number of aliphatic hydroxyl groups is 2. The minimum Gasteiger partial charge on any atom is -0.386 e. The van der Waals surface area contributed by atoms with Crippen LogP contribution in [0.4, 0.5) is 5.82 Å². The molecule has 3 heterocycles. The van der Waals surface area contributed by atoms with Gasteiger partial charge in [0.15, 0.2) is 22.8 Å². The number of aromatic nitrogens is 4. The van der Waals surface area contributed by atoms with Crippen molar-refractivity contribution in [1.29, 1.82) is 0 Å². The van der Waals surface area contributed by atoms with Crippen LogP contribution in [-0.4, -0.2) is 123 Å². The number of hydrogen-bond acceptors (Lipinski definition) is 18. The number of unbranched alkanes of at least 4 members (excludes halogenated alkanes) is 9. The first-order chi connectivity index (χ1) is 31.4. The average Bonchev–Trinajstić information content (AvgIpc) is 3.81. The maximum absolute atomic E-state index is 12.7. The molecule has 3 rings (SSSR count). The molecule has 2 aromatic heterocycles. The predicted octanol–water partition coefficient (Wildman–Crippen LogP) is 4.78. The van der Waals surface area contributed by atoms with E-state index in [2.05, 4.69) is 48.3 Å².